The molecule has 0 N–H and O–H groups in total. The first-order valence-electron chi connectivity index (χ1n) is 17.2. The van der Waals surface area contributed by atoms with Crippen LogP contribution in [-0.4, -0.2) is 11.3 Å². The van der Waals surface area contributed by atoms with Crippen LogP contribution in [0.25, 0.3) is 49.7 Å². The molecule has 0 saturated heterocycles. The normalized spacial score (nSPS) is 13.2. The third-order valence-corrected chi connectivity index (χ3v) is 10.6. The second-order valence-corrected chi connectivity index (χ2v) is 15.8. The first-order chi connectivity index (χ1) is 23.5. The summed E-state index contributed by atoms with van der Waals surface area (Å²) in [5, 5.41) is 12.1. The average Bonchev–Trinajstić information content (AvgIpc) is 3.43. The maximum absolute atomic E-state index is 9.49. The summed E-state index contributed by atoms with van der Waals surface area (Å²) in [6, 6.07) is 43.9. The highest BCUT2D eigenvalue weighted by atomic mass is 16.5. The molecule has 49 heavy (non-hydrogen) atoms. The van der Waals surface area contributed by atoms with Crippen LogP contribution in [0, 0.1) is 11.3 Å². The molecule has 0 bridgehead atoms. The standard InChI is InChI=1S/C45H37BN2O/c1-44(2,3)32-17-19-38-34(23-32)35-24-33(45(4,5)6)25-37-43(35)48(38)39-20-31(29-14-12-27(26-47)13-15-29)22-41-42(39)46(37)36-18-16-30(21-40(36)49-41)28-10-8-7-9-11-28/h7-25H,1-6H3. The lowest BCUT2D eigenvalue weighted by Gasteiger charge is -2.35. The molecule has 0 aliphatic carbocycles. The highest BCUT2D eigenvalue weighted by Crippen LogP contribution is 2.42. The van der Waals surface area contributed by atoms with Gasteiger partial charge in [0.15, 0.2) is 0 Å². The maximum Gasteiger partial charge on any atom is 0.256 e. The Labute approximate surface area is 288 Å². The largest absolute Gasteiger partial charge is 0.458 e. The van der Waals surface area contributed by atoms with E-state index in [-0.39, 0.29) is 17.5 Å². The number of rotatable bonds is 2. The van der Waals surface area contributed by atoms with E-state index in [0.29, 0.717) is 5.56 Å². The van der Waals surface area contributed by atoms with Crippen LogP contribution in [0.1, 0.15) is 58.2 Å². The van der Waals surface area contributed by atoms with E-state index in [2.05, 4.69) is 143 Å². The minimum Gasteiger partial charge on any atom is -0.458 e. The number of hydrogen-bond acceptors (Lipinski definition) is 2. The monoisotopic (exact) mass is 632 g/mol. The summed E-state index contributed by atoms with van der Waals surface area (Å²) in [5.41, 5.74) is 15.1. The van der Waals surface area contributed by atoms with Gasteiger partial charge in [-0.05, 0) is 109 Å². The fraction of sp³-hybridized carbons (Fsp3) is 0.178. The van der Waals surface area contributed by atoms with Crippen LogP contribution in [0.2, 0.25) is 0 Å². The lowest BCUT2D eigenvalue weighted by Crippen LogP contribution is -2.58. The van der Waals surface area contributed by atoms with E-state index in [4.69, 9.17) is 4.74 Å². The van der Waals surface area contributed by atoms with Crippen molar-refractivity contribution in [3.8, 4) is 45.5 Å². The Bertz CT molecular complexity index is 2540. The van der Waals surface area contributed by atoms with Gasteiger partial charge in [-0.3, -0.25) is 0 Å². The van der Waals surface area contributed by atoms with Crippen molar-refractivity contribution in [3.05, 3.63) is 132 Å². The van der Waals surface area contributed by atoms with Gasteiger partial charge in [0.25, 0.3) is 6.71 Å². The summed E-state index contributed by atoms with van der Waals surface area (Å²) in [7, 11) is 0. The van der Waals surface area contributed by atoms with Gasteiger partial charge in [0.1, 0.15) is 11.5 Å². The van der Waals surface area contributed by atoms with Crippen molar-refractivity contribution >= 4 is 44.9 Å². The molecule has 0 radical (unpaired) electrons. The molecule has 2 aliphatic rings. The number of fused-ring (bicyclic) bond motifs is 7. The molecular formula is C45H37BN2O. The number of ether oxygens (including phenoxy) is 1. The van der Waals surface area contributed by atoms with Gasteiger partial charge in [0.05, 0.1) is 17.1 Å². The molecule has 0 saturated carbocycles. The second kappa shape index (κ2) is 10.2. The smallest absolute Gasteiger partial charge is 0.256 e. The molecule has 6 aromatic carbocycles. The van der Waals surface area contributed by atoms with E-state index in [0.717, 1.165) is 33.9 Å². The van der Waals surface area contributed by atoms with E-state index in [1.54, 1.807) is 0 Å². The molecule has 236 valence electrons. The molecule has 7 aromatic rings. The molecule has 2 aliphatic heterocycles. The van der Waals surface area contributed by atoms with Crippen LogP contribution >= 0.6 is 0 Å². The fourth-order valence-corrected chi connectivity index (χ4v) is 7.89. The summed E-state index contributed by atoms with van der Waals surface area (Å²) in [4.78, 5) is 0. The van der Waals surface area contributed by atoms with Gasteiger partial charge in [-0.25, -0.2) is 0 Å². The zero-order chi connectivity index (χ0) is 33.8. The van der Waals surface area contributed by atoms with Gasteiger partial charge in [-0.15, -0.1) is 0 Å². The van der Waals surface area contributed by atoms with Gasteiger partial charge >= 0.3 is 0 Å². The van der Waals surface area contributed by atoms with Crippen LogP contribution in [0.15, 0.2) is 115 Å². The number of benzene rings is 6. The first-order valence-corrected chi connectivity index (χ1v) is 17.2. The molecule has 0 fully saturated rings. The molecule has 0 spiro atoms. The number of aromatic nitrogens is 1. The lowest BCUT2D eigenvalue weighted by molar-refractivity contribution is 0.487. The molecular weight excluding hydrogens is 595 g/mol. The Balaban J connectivity index is 1.41. The van der Waals surface area contributed by atoms with Gasteiger partial charge in [-0.1, -0.05) is 108 Å². The average molecular weight is 633 g/mol. The minimum absolute atomic E-state index is 0.0114. The molecule has 3 heterocycles. The van der Waals surface area contributed by atoms with Crippen molar-refractivity contribution in [2.45, 2.75) is 52.4 Å². The summed E-state index contributed by atoms with van der Waals surface area (Å²) in [5.74, 6) is 1.78. The quantitative estimate of drug-likeness (QED) is 0.178. The fourth-order valence-electron chi connectivity index (χ4n) is 7.89. The predicted octanol–water partition coefficient (Wildman–Crippen LogP) is 9.52. The van der Waals surface area contributed by atoms with Crippen molar-refractivity contribution < 1.29 is 4.74 Å². The van der Waals surface area contributed by atoms with Gasteiger partial charge in [0, 0.05) is 22.0 Å². The Morgan fingerprint density at radius 2 is 1.27 bits per heavy atom. The van der Waals surface area contributed by atoms with Gasteiger partial charge in [-0.2, -0.15) is 5.26 Å². The zero-order valence-corrected chi connectivity index (χ0v) is 28.8. The Morgan fingerprint density at radius 1 is 0.592 bits per heavy atom. The highest BCUT2D eigenvalue weighted by molar-refractivity contribution is 6.99. The van der Waals surface area contributed by atoms with Crippen molar-refractivity contribution in [2.24, 2.45) is 0 Å². The third kappa shape index (κ3) is 4.49. The van der Waals surface area contributed by atoms with Crippen LogP contribution in [0.5, 0.6) is 11.5 Å². The predicted molar refractivity (Wildman–Crippen MR) is 205 cm³/mol. The van der Waals surface area contributed by atoms with E-state index < -0.39 is 0 Å². The summed E-state index contributed by atoms with van der Waals surface area (Å²) < 4.78 is 9.48. The first kappa shape index (κ1) is 29.6. The summed E-state index contributed by atoms with van der Waals surface area (Å²) in [6.45, 7) is 13.8. The topological polar surface area (TPSA) is 38.0 Å². The summed E-state index contributed by atoms with van der Waals surface area (Å²) >= 11 is 0. The van der Waals surface area contributed by atoms with Gasteiger partial charge < -0.3 is 9.30 Å². The zero-order valence-electron chi connectivity index (χ0n) is 28.8. The SMILES string of the molecule is CC(C)(C)c1ccc2c(c1)c1cc(C(C)(C)C)cc3c1n2-c1cc(-c2ccc(C#N)cc2)cc2c1B3c1ccc(-c3ccccc3)cc1O2. The lowest BCUT2D eigenvalue weighted by atomic mass is 9.34. The second-order valence-electron chi connectivity index (χ2n) is 15.8. The molecule has 3 nitrogen and oxygen atoms in total. The molecule has 0 atom stereocenters. The Morgan fingerprint density at radius 3 is 1.98 bits per heavy atom. The van der Waals surface area contributed by atoms with Crippen LogP contribution < -0.4 is 21.1 Å². The summed E-state index contributed by atoms with van der Waals surface area (Å²) in [6.07, 6.45) is 0. The molecule has 0 amide bonds. The molecule has 4 heteroatoms. The van der Waals surface area contributed by atoms with Crippen molar-refractivity contribution in [2.75, 3.05) is 0 Å². The van der Waals surface area contributed by atoms with E-state index in [1.165, 1.54) is 54.9 Å². The van der Waals surface area contributed by atoms with Crippen molar-refractivity contribution in [1.82, 2.24) is 4.57 Å². The van der Waals surface area contributed by atoms with Crippen molar-refractivity contribution in [3.63, 3.8) is 0 Å². The van der Waals surface area contributed by atoms with Gasteiger partial charge in [0.2, 0.25) is 0 Å². The van der Waals surface area contributed by atoms with E-state index in [9.17, 15) is 5.26 Å². The van der Waals surface area contributed by atoms with Crippen LogP contribution in [0.4, 0.5) is 0 Å². The highest BCUT2D eigenvalue weighted by Gasteiger charge is 2.41. The van der Waals surface area contributed by atoms with Crippen molar-refractivity contribution in [1.29, 1.82) is 5.26 Å². The minimum atomic E-state index is -0.0333. The Hall–Kier alpha value is -5.53. The van der Waals surface area contributed by atoms with Crippen LogP contribution in [0.3, 0.4) is 0 Å². The van der Waals surface area contributed by atoms with E-state index >= 15 is 0 Å². The molecule has 9 rings (SSSR count). The number of nitriles is 1. The van der Waals surface area contributed by atoms with E-state index in [1.807, 2.05) is 24.3 Å². The third-order valence-electron chi connectivity index (χ3n) is 10.6. The molecule has 0 unspecified atom stereocenters. The van der Waals surface area contributed by atoms with Crippen LogP contribution in [-0.2, 0) is 10.8 Å². The maximum atomic E-state index is 9.49. The molecule has 1 aromatic heterocycles. The Kier molecular flexibility index (Phi) is 6.19. The number of hydrogen-bond donors (Lipinski definition) is 0. The number of nitrogens with zero attached hydrogens (tertiary/aromatic N) is 2.